The van der Waals surface area contributed by atoms with E-state index < -0.39 is 0 Å². The molecule has 96 valence electrons. The summed E-state index contributed by atoms with van der Waals surface area (Å²) in [7, 11) is 0. The van der Waals surface area contributed by atoms with Gasteiger partial charge in [0.25, 0.3) is 0 Å². The molecule has 0 bridgehead atoms. The first-order valence-electron chi connectivity index (χ1n) is 6.46. The van der Waals surface area contributed by atoms with E-state index in [-0.39, 0.29) is 0 Å². The van der Waals surface area contributed by atoms with Crippen LogP contribution in [0.1, 0.15) is 39.5 Å². The normalized spacial score (nSPS) is 21.2. The Bertz CT molecular complexity index is 350. The number of hydrogen-bond donors (Lipinski definition) is 1. The summed E-state index contributed by atoms with van der Waals surface area (Å²) < 4.78 is 5.66. The molecule has 2 heterocycles. The monoisotopic (exact) mass is 238 g/mol. The Morgan fingerprint density at radius 1 is 1.47 bits per heavy atom. The second kappa shape index (κ2) is 5.49. The average Bonchev–Trinajstić information content (AvgIpc) is 2.75. The molecule has 0 amide bonds. The Morgan fingerprint density at radius 2 is 2.29 bits per heavy atom. The van der Waals surface area contributed by atoms with E-state index in [2.05, 4.69) is 41.2 Å². The predicted molar refractivity (Wildman–Crippen MR) is 66.9 cm³/mol. The van der Waals surface area contributed by atoms with E-state index in [1.807, 2.05) is 0 Å². The molecule has 1 aromatic rings. The average molecular weight is 238 g/mol. The number of rotatable bonds is 4. The van der Waals surface area contributed by atoms with Crippen LogP contribution in [0.15, 0.2) is 4.42 Å². The predicted octanol–water partition coefficient (Wildman–Crippen LogP) is 1.80. The zero-order chi connectivity index (χ0) is 12.3. The van der Waals surface area contributed by atoms with Crippen LogP contribution in [0.4, 0.5) is 6.01 Å². The molecular weight excluding hydrogens is 216 g/mol. The van der Waals surface area contributed by atoms with E-state index >= 15 is 0 Å². The van der Waals surface area contributed by atoms with Crippen molar-refractivity contribution in [3.8, 4) is 0 Å². The van der Waals surface area contributed by atoms with Gasteiger partial charge in [0.1, 0.15) is 0 Å². The van der Waals surface area contributed by atoms with Crippen LogP contribution in [0.2, 0.25) is 0 Å². The van der Waals surface area contributed by atoms with Gasteiger partial charge in [-0.1, -0.05) is 25.9 Å². The lowest BCUT2D eigenvalue weighted by atomic mass is 10.0. The molecule has 5 heteroatoms. The summed E-state index contributed by atoms with van der Waals surface area (Å²) in [6.45, 7) is 9.17. The fourth-order valence-electron chi connectivity index (χ4n) is 2.10. The summed E-state index contributed by atoms with van der Waals surface area (Å²) in [5.74, 6) is 1.39. The first kappa shape index (κ1) is 12.4. The molecule has 1 aromatic heterocycles. The van der Waals surface area contributed by atoms with Crippen molar-refractivity contribution in [2.24, 2.45) is 5.92 Å². The van der Waals surface area contributed by atoms with Gasteiger partial charge in [0.2, 0.25) is 5.89 Å². The molecule has 0 aromatic carbocycles. The summed E-state index contributed by atoms with van der Waals surface area (Å²) >= 11 is 0. The van der Waals surface area contributed by atoms with Gasteiger partial charge in [0.05, 0.1) is 6.54 Å². The second-order valence-electron chi connectivity index (χ2n) is 5.21. The third-order valence-corrected chi connectivity index (χ3v) is 3.05. The van der Waals surface area contributed by atoms with Crippen LogP contribution in [0.25, 0.3) is 0 Å². The summed E-state index contributed by atoms with van der Waals surface area (Å²) in [6.07, 6.45) is 2.51. The molecule has 1 N–H and O–H groups in total. The molecule has 1 aliphatic rings. The lowest BCUT2D eigenvalue weighted by Crippen LogP contribution is -2.34. The van der Waals surface area contributed by atoms with Crippen molar-refractivity contribution in [1.29, 1.82) is 0 Å². The van der Waals surface area contributed by atoms with Crippen molar-refractivity contribution in [2.75, 3.05) is 18.0 Å². The van der Waals surface area contributed by atoms with Gasteiger partial charge in [-0.05, 0) is 18.8 Å². The SMILES string of the molecule is CC1CCCN(c2nnc(CNC(C)C)o2)C1. The maximum Gasteiger partial charge on any atom is 0.318 e. The third kappa shape index (κ3) is 3.43. The molecular formula is C12H22N4O. The number of hydrogen-bond acceptors (Lipinski definition) is 5. The van der Waals surface area contributed by atoms with Gasteiger partial charge in [-0.25, -0.2) is 0 Å². The molecule has 17 heavy (non-hydrogen) atoms. The highest BCUT2D eigenvalue weighted by molar-refractivity contribution is 5.24. The highest BCUT2D eigenvalue weighted by Gasteiger charge is 2.20. The van der Waals surface area contributed by atoms with Crippen LogP contribution in [0.5, 0.6) is 0 Å². The lowest BCUT2D eigenvalue weighted by Gasteiger charge is -2.28. The molecule has 5 nitrogen and oxygen atoms in total. The molecule has 0 spiro atoms. The van der Waals surface area contributed by atoms with Crippen LogP contribution in [0.3, 0.4) is 0 Å². The summed E-state index contributed by atoms with van der Waals surface area (Å²) in [4.78, 5) is 2.19. The van der Waals surface area contributed by atoms with Crippen molar-refractivity contribution in [3.63, 3.8) is 0 Å². The fourth-order valence-corrected chi connectivity index (χ4v) is 2.10. The Balaban J connectivity index is 1.92. The van der Waals surface area contributed by atoms with Crippen LogP contribution >= 0.6 is 0 Å². The van der Waals surface area contributed by atoms with Crippen LogP contribution < -0.4 is 10.2 Å². The van der Waals surface area contributed by atoms with Gasteiger partial charge in [-0.15, -0.1) is 5.10 Å². The van der Waals surface area contributed by atoms with E-state index in [1.54, 1.807) is 0 Å². The minimum absolute atomic E-state index is 0.431. The maximum absolute atomic E-state index is 5.66. The third-order valence-electron chi connectivity index (χ3n) is 3.05. The van der Waals surface area contributed by atoms with Crippen molar-refractivity contribution in [3.05, 3.63) is 5.89 Å². The zero-order valence-electron chi connectivity index (χ0n) is 10.9. The van der Waals surface area contributed by atoms with E-state index in [0.717, 1.165) is 13.1 Å². The molecule has 1 aliphatic heterocycles. The van der Waals surface area contributed by atoms with Gasteiger partial charge >= 0.3 is 6.01 Å². The number of piperidine rings is 1. The molecule has 0 saturated carbocycles. The fraction of sp³-hybridized carbons (Fsp3) is 0.833. The highest BCUT2D eigenvalue weighted by Crippen LogP contribution is 2.21. The van der Waals surface area contributed by atoms with Gasteiger partial charge in [0, 0.05) is 19.1 Å². The van der Waals surface area contributed by atoms with Crippen LogP contribution in [-0.4, -0.2) is 29.3 Å². The summed E-state index contributed by atoms with van der Waals surface area (Å²) in [6, 6.07) is 1.11. The summed E-state index contributed by atoms with van der Waals surface area (Å²) in [5.41, 5.74) is 0. The minimum atomic E-state index is 0.431. The van der Waals surface area contributed by atoms with E-state index in [0.29, 0.717) is 30.4 Å². The summed E-state index contributed by atoms with van der Waals surface area (Å²) in [5, 5.41) is 11.5. The van der Waals surface area contributed by atoms with Crippen LogP contribution in [0, 0.1) is 5.92 Å². The highest BCUT2D eigenvalue weighted by atomic mass is 16.4. The van der Waals surface area contributed by atoms with Gasteiger partial charge in [-0.3, -0.25) is 0 Å². The number of nitrogens with one attached hydrogen (secondary N) is 1. The Labute approximate surface area is 103 Å². The van der Waals surface area contributed by atoms with E-state index in [4.69, 9.17) is 4.42 Å². The van der Waals surface area contributed by atoms with Crippen molar-refractivity contribution >= 4 is 6.01 Å². The van der Waals surface area contributed by atoms with Gasteiger partial charge in [-0.2, -0.15) is 0 Å². The van der Waals surface area contributed by atoms with Crippen LogP contribution in [-0.2, 0) is 6.54 Å². The number of nitrogens with zero attached hydrogens (tertiary/aromatic N) is 3. The molecule has 0 radical (unpaired) electrons. The second-order valence-corrected chi connectivity index (χ2v) is 5.21. The number of aromatic nitrogens is 2. The Kier molecular flexibility index (Phi) is 3.99. The van der Waals surface area contributed by atoms with E-state index in [1.165, 1.54) is 12.8 Å². The van der Waals surface area contributed by atoms with Crippen molar-refractivity contribution in [2.45, 2.75) is 46.2 Å². The topological polar surface area (TPSA) is 54.2 Å². The quantitative estimate of drug-likeness (QED) is 0.867. The smallest absolute Gasteiger partial charge is 0.318 e. The molecule has 1 unspecified atom stereocenters. The lowest BCUT2D eigenvalue weighted by molar-refractivity contribution is 0.400. The van der Waals surface area contributed by atoms with Crippen molar-refractivity contribution < 1.29 is 4.42 Å². The van der Waals surface area contributed by atoms with Gasteiger partial charge in [0.15, 0.2) is 0 Å². The largest absolute Gasteiger partial charge is 0.407 e. The molecule has 1 atom stereocenters. The molecule has 0 aliphatic carbocycles. The molecule has 1 fully saturated rings. The molecule has 2 rings (SSSR count). The maximum atomic E-state index is 5.66. The standard InChI is InChI=1S/C12H22N4O/c1-9(2)13-7-11-14-15-12(17-11)16-6-4-5-10(3)8-16/h9-10,13H,4-8H2,1-3H3. The first-order chi connectivity index (χ1) is 8.15. The van der Waals surface area contributed by atoms with Crippen molar-refractivity contribution in [1.82, 2.24) is 15.5 Å². The number of anilines is 1. The Morgan fingerprint density at radius 3 is 3.00 bits per heavy atom. The van der Waals surface area contributed by atoms with E-state index in [9.17, 15) is 0 Å². The Hall–Kier alpha value is -1.10. The molecule has 1 saturated heterocycles. The minimum Gasteiger partial charge on any atom is -0.407 e. The zero-order valence-corrected chi connectivity index (χ0v) is 10.9. The first-order valence-corrected chi connectivity index (χ1v) is 6.46. The van der Waals surface area contributed by atoms with Gasteiger partial charge < -0.3 is 14.6 Å².